The van der Waals surface area contributed by atoms with E-state index in [4.69, 9.17) is 4.74 Å². The number of ether oxygens (including phenoxy) is 1. The number of rotatable bonds is 7. The van der Waals surface area contributed by atoms with E-state index in [0.717, 1.165) is 29.1 Å². The van der Waals surface area contributed by atoms with Crippen LogP contribution in [0.25, 0.3) is 0 Å². The highest BCUT2D eigenvalue weighted by atomic mass is 16.5. The Bertz CT molecular complexity index is 441. The van der Waals surface area contributed by atoms with E-state index >= 15 is 0 Å². The molecule has 0 aliphatic heterocycles. The Balaban J connectivity index is 2.11. The second-order valence-electron chi connectivity index (χ2n) is 5.41. The number of carboxylic acids is 1. The van der Waals surface area contributed by atoms with Gasteiger partial charge in [0.05, 0.1) is 18.6 Å². The zero-order valence-electron chi connectivity index (χ0n) is 12.1. The number of para-hydroxylation sites is 1. The maximum absolute atomic E-state index is 11.0. The van der Waals surface area contributed by atoms with Gasteiger partial charge in [0.25, 0.3) is 0 Å². The van der Waals surface area contributed by atoms with E-state index in [-0.39, 0.29) is 6.54 Å². The highest BCUT2D eigenvalue weighted by Gasteiger charge is 2.27. The third-order valence-electron chi connectivity index (χ3n) is 3.99. The van der Waals surface area contributed by atoms with Gasteiger partial charge in [-0.25, -0.2) is 0 Å². The molecule has 0 heterocycles. The monoisotopic (exact) mass is 277 g/mol. The van der Waals surface area contributed by atoms with Crippen LogP contribution in [0.15, 0.2) is 24.3 Å². The third kappa shape index (κ3) is 3.97. The van der Waals surface area contributed by atoms with Crippen molar-refractivity contribution >= 4 is 5.97 Å². The molecule has 0 amide bonds. The van der Waals surface area contributed by atoms with Crippen molar-refractivity contribution in [1.29, 1.82) is 0 Å². The van der Waals surface area contributed by atoms with Gasteiger partial charge in [-0.3, -0.25) is 0 Å². The van der Waals surface area contributed by atoms with Crippen LogP contribution >= 0.6 is 0 Å². The summed E-state index contributed by atoms with van der Waals surface area (Å²) in [5.74, 6) is -0.107. The number of quaternary nitrogens is 1. The van der Waals surface area contributed by atoms with Crippen LogP contribution in [0.1, 0.15) is 38.2 Å². The molecule has 1 unspecified atom stereocenters. The minimum Gasteiger partial charge on any atom is -0.544 e. The fourth-order valence-electron chi connectivity index (χ4n) is 3.06. The summed E-state index contributed by atoms with van der Waals surface area (Å²) in [5.41, 5.74) is 1.08. The quantitative estimate of drug-likeness (QED) is 0.772. The van der Waals surface area contributed by atoms with Gasteiger partial charge in [-0.15, -0.1) is 0 Å². The van der Waals surface area contributed by atoms with Gasteiger partial charge in [-0.2, -0.15) is 0 Å². The standard InChI is InChI=1S/C16H23NO3/c1-2-20-15-10-6-3-7-13(15)11-17(12-16(18)19)14-8-4-5-9-14/h3,6-7,10,14H,2,4-5,8-9,11-12H2,1H3,(H,18,19). The van der Waals surface area contributed by atoms with Gasteiger partial charge in [0.2, 0.25) is 0 Å². The first-order valence-corrected chi connectivity index (χ1v) is 7.45. The van der Waals surface area contributed by atoms with Crippen molar-refractivity contribution in [1.82, 2.24) is 0 Å². The van der Waals surface area contributed by atoms with Crippen LogP contribution in [-0.4, -0.2) is 25.2 Å². The van der Waals surface area contributed by atoms with Crippen molar-refractivity contribution < 1.29 is 19.5 Å². The smallest absolute Gasteiger partial charge is 0.128 e. The average Bonchev–Trinajstić information content (AvgIpc) is 2.94. The Labute approximate surface area is 120 Å². The van der Waals surface area contributed by atoms with Crippen LogP contribution in [0, 0.1) is 0 Å². The third-order valence-corrected chi connectivity index (χ3v) is 3.99. The molecule has 1 atom stereocenters. The second-order valence-corrected chi connectivity index (χ2v) is 5.41. The summed E-state index contributed by atoms with van der Waals surface area (Å²) in [6, 6.07) is 8.33. The highest BCUT2D eigenvalue weighted by Crippen LogP contribution is 2.19. The van der Waals surface area contributed by atoms with Gasteiger partial charge in [0.1, 0.15) is 18.8 Å². The summed E-state index contributed by atoms with van der Waals surface area (Å²) in [6.45, 7) is 3.34. The van der Waals surface area contributed by atoms with Crippen LogP contribution in [0.2, 0.25) is 0 Å². The number of benzene rings is 1. The Hall–Kier alpha value is -1.55. The molecule has 0 bridgehead atoms. The van der Waals surface area contributed by atoms with E-state index in [9.17, 15) is 9.90 Å². The number of nitrogens with one attached hydrogen (secondary N) is 1. The van der Waals surface area contributed by atoms with E-state index in [1.807, 2.05) is 31.2 Å². The molecule has 1 aromatic carbocycles. The van der Waals surface area contributed by atoms with Gasteiger partial charge in [-0.05, 0) is 44.7 Å². The van der Waals surface area contributed by atoms with Gasteiger partial charge >= 0.3 is 0 Å². The normalized spacial score (nSPS) is 17.1. The first-order chi connectivity index (χ1) is 9.70. The minimum absolute atomic E-state index is 0.0745. The first kappa shape index (κ1) is 14.9. The molecule has 1 aromatic rings. The van der Waals surface area contributed by atoms with E-state index in [1.54, 1.807) is 0 Å². The van der Waals surface area contributed by atoms with E-state index in [1.165, 1.54) is 12.8 Å². The molecular weight excluding hydrogens is 254 g/mol. The summed E-state index contributed by atoms with van der Waals surface area (Å²) >= 11 is 0. The van der Waals surface area contributed by atoms with Crippen molar-refractivity contribution in [3.63, 3.8) is 0 Å². The van der Waals surface area contributed by atoms with E-state index < -0.39 is 5.97 Å². The summed E-state index contributed by atoms with van der Waals surface area (Å²) in [5, 5.41) is 11.0. The number of carbonyl (C=O) groups excluding carboxylic acids is 1. The fraction of sp³-hybridized carbons (Fsp3) is 0.562. The summed E-state index contributed by atoms with van der Waals surface area (Å²) in [4.78, 5) is 12.1. The van der Waals surface area contributed by atoms with Crippen LogP contribution in [0.5, 0.6) is 5.75 Å². The second kappa shape index (κ2) is 7.29. The van der Waals surface area contributed by atoms with Gasteiger partial charge in [-0.1, -0.05) is 12.1 Å². The lowest BCUT2D eigenvalue weighted by Crippen LogP contribution is -3.15. The summed E-state index contributed by atoms with van der Waals surface area (Å²) < 4.78 is 5.63. The highest BCUT2D eigenvalue weighted by molar-refractivity contribution is 5.65. The molecule has 20 heavy (non-hydrogen) atoms. The van der Waals surface area contributed by atoms with Crippen molar-refractivity contribution in [2.45, 2.75) is 45.2 Å². The molecule has 1 aliphatic carbocycles. The average molecular weight is 277 g/mol. The van der Waals surface area contributed by atoms with Crippen LogP contribution in [-0.2, 0) is 11.3 Å². The lowest BCUT2D eigenvalue weighted by Gasteiger charge is -2.26. The van der Waals surface area contributed by atoms with E-state index in [0.29, 0.717) is 19.2 Å². The molecule has 0 spiro atoms. The topological polar surface area (TPSA) is 53.8 Å². The molecule has 110 valence electrons. The molecule has 2 rings (SSSR count). The van der Waals surface area contributed by atoms with Crippen molar-refractivity contribution in [2.24, 2.45) is 0 Å². The Kier molecular flexibility index (Phi) is 5.41. The van der Waals surface area contributed by atoms with Crippen LogP contribution in [0.3, 0.4) is 0 Å². The Morgan fingerprint density at radius 1 is 1.35 bits per heavy atom. The first-order valence-electron chi connectivity index (χ1n) is 7.45. The summed E-state index contributed by atoms with van der Waals surface area (Å²) in [7, 11) is 0. The molecule has 0 saturated heterocycles. The van der Waals surface area contributed by atoms with E-state index in [2.05, 4.69) is 0 Å². The maximum Gasteiger partial charge on any atom is 0.128 e. The van der Waals surface area contributed by atoms with Gasteiger partial charge in [0, 0.05) is 5.56 Å². The molecule has 4 nitrogen and oxygen atoms in total. The maximum atomic E-state index is 11.0. The van der Waals surface area contributed by atoms with Gasteiger partial charge < -0.3 is 19.5 Å². The molecule has 0 aromatic heterocycles. The lowest BCUT2D eigenvalue weighted by molar-refractivity contribution is -0.932. The molecule has 1 fully saturated rings. The fourth-order valence-corrected chi connectivity index (χ4v) is 3.06. The van der Waals surface area contributed by atoms with Crippen molar-refractivity contribution in [2.75, 3.05) is 13.2 Å². The number of hydrogen-bond donors (Lipinski definition) is 1. The van der Waals surface area contributed by atoms with Crippen molar-refractivity contribution in [3.05, 3.63) is 29.8 Å². The molecule has 1 saturated carbocycles. The van der Waals surface area contributed by atoms with Gasteiger partial charge in [0.15, 0.2) is 0 Å². The lowest BCUT2D eigenvalue weighted by atomic mass is 10.1. The predicted molar refractivity (Wildman–Crippen MR) is 74.4 cm³/mol. The molecular formula is C16H23NO3. The zero-order chi connectivity index (χ0) is 14.4. The molecule has 1 aliphatic rings. The molecule has 0 radical (unpaired) electrons. The number of carbonyl (C=O) groups is 1. The minimum atomic E-state index is -0.971. The Morgan fingerprint density at radius 3 is 2.70 bits per heavy atom. The summed E-state index contributed by atoms with van der Waals surface area (Å²) in [6.07, 6.45) is 4.63. The number of carboxylic acid groups (broad SMARTS) is 1. The van der Waals surface area contributed by atoms with Crippen LogP contribution in [0.4, 0.5) is 0 Å². The Morgan fingerprint density at radius 2 is 2.05 bits per heavy atom. The zero-order valence-corrected chi connectivity index (χ0v) is 12.1. The number of aliphatic carboxylic acids is 1. The molecule has 1 N–H and O–H groups in total. The number of hydrogen-bond acceptors (Lipinski definition) is 3. The SMILES string of the molecule is CCOc1ccccc1C[NH+](CC(=O)[O-])C1CCCC1. The molecule has 4 heteroatoms. The van der Waals surface area contributed by atoms with Crippen LogP contribution < -0.4 is 14.7 Å². The predicted octanol–water partition coefficient (Wildman–Crippen LogP) is 0.163. The largest absolute Gasteiger partial charge is 0.544 e. The van der Waals surface area contributed by atoms with Crippen molar-refractivity contribution in [3.8, 4) is 5.75 Å².